The molecule has 2 N–H and O–H groups in total. The van der Waals surface area contributed by atoms with Gasteiger partial charge in [-0.25, -0.2) is 18.7 Å². The van der Waals surface area contributed by atoms with Gasteiger partial charge in [0, 0.05) is 17.0 Å². The summed E-state index contributed by atoms with van der Waals surface area (Å²) in [5.74, 6) is -1.05. The number of nitrogens with two attached hydrogens (primary N) is 1. The molecule has 106 valence electrons. The van der Waals surface area contributed by atoms with Gasteiger partial charge < -0.3 is 5.73 Å². The molecule has 1 heterocycles. The van der Waals surface area contributed by atoms with Crippen molar-refractivity contribution < 1.29 is 8.78 Å². The normalized spacial score (nSPS) is 11.7. The van der Waals surface area contributed by atoms with Crippen molar-refractivity contribution >= 4 is 5.82 Å². The average molecular weight is 277 g/mol. The van der Waals surface area contributed by atoms with Gasteiger partial charge in [-0.05, 0) is 18.6 Å². The summed E-state index contributed by atoms with van der Waals surface area (Å²) in [4.78, 5) is 8.46. The van der Waals surface area contributed by atoms with Crippen LogP contribution >= 0.6 is 0 Å². The first-order chi connectivity index (χ1) is 9.20. The van der Waals surface area contributed by atoms with Crippen molar-refractivity contribution in [2.75, 3.05) is 5.73 Å². The lowest BCUT2D eigenvalue weighted by Gasteiger charge is -2.18. The van der Waals surface area contributed by atoms with Gasteiger partial charge in [-0.15, -0.1) is 0 Å². The van der Waals surface area contributed by atoms with Gasteiger partial charge >= 0.3 is 0 Å². The number of nitrogen functional groups attached to an aromatic ring is 1. The second-order valence-electron chi connectivity index (χ2n) is 5.81. The number of anilines is 1. The molecule has 0 saturated carbocycles. The number of benzene rings is 1. The number of hydrogen-bond acceptors (Lipinski definition) is 3. The summed E-state index contributed by atoms with van der Waals surface area (Å²) in [6.45, 7) is 7.30. The Morgan fingerprint density at radius 2 is 1.70 bits per heavy atom. The zero-order valence-corrected chi connectivity index (χ0v) is 12.0. The number of hydrogen-bond donors (Lipinski definition) is 1. The van der Waals surface area contributed by atoms with Gasteiger partial charge in [-0.3, -0.25) is 0 Å². The highest BCUT2D eigenvalue weighted by atomic mass is 19.2. The molecule has 20 heavy (non-hydrogen) atoms. The Kier molecular flexibility index (Phi) is 3.46. The first-order valence-electron chi connectivity index (χ1n) is 6.30. The molecule has 5 heteroatoms. The first-order valence-corrected chi connectivity index (χ1v) is 6.30. The molecule has 3 nitrogen and oxygen atoms in total. The number of halogens is 2. The maximum atomic E-state index is 14.0. The van der Waals surface area contributed by atoms with Crippen molar-refractivity contribution in [2.24, 2.45) is 0 Å². The van der Waals surface area contributed by atoms with E-state index in [1.165, 1.54) is 25.1 Å². The van der Waals surface area contributed by atoms with Crippen molar-refractivity contribution in [3.05, 3.63) is 41.2 Å². The monoisotopic (exact) mass is 277 g/mol. The standard InChI is InChI=1S/C15H17F2N3/c1-8-5-6-9(13(17)12(8)16)10-7-11(18)20-14(19-10)15(2,3)4/h5-7H,1-4H3,(H2,18,19,20). The van der Waals surface area contributed by atoms with E-state index in [2.05, 4.69) is 9.97 Å². The Balaban J connectivity index is 2.65. The predicted octanol–water partition coefficient (Wildman–Crippen LogP) is 3.61. The van der Waals surface area contributed by atoms with Crippen LogP contribution in [0.25, 0.3) is 11.3 Å². The van der Waals surface area contributed by atoms with Crippen molar-refractivity contribution in [3.63, 3.8) is 0 Å². The Hall–Kier alpha value is -2.04. The van der Waals surface area contributed by atoms with Crippen molar-refractivity contribution in [1.82, 2.24) is 9.97 Å². The molecule has 0 fully saturated rings. The third-order valence-electron chi connectivity index (χ3n) is 2.97. The molecule has 0 amide bonds. The summed E-state index contributed by atoms with van der Waals surface area (Å²) in [6.07, 6.45) is 0. The number of aromatic nitrogens is 2. The Labute approximate surface area is 116 Å². The van der Waals surface area contributed by atoms with E-state index in [4.69, 9.17) is 5.73 Å². The Morgan fingerprint density at radius 3 is 2.30 bits per heavy atom. The molecule has 2 aromatic rings. The quantitative estimate of drug-likeness (QED) is 0.866. The summed E-state index contributed by atoms with van der Waals surface area (Å²) >= 11 is 0. The fraction of sp³-hybridized carbons (Fsp3) is 0.333. The van der Waals surface area contributed by atoms with Crippen molar-refractivity contribution in [1.29, 1.82) is 0 Å². The summed E-state index contributed by atoms with van der Waals surface area (Å²) in [5.41, 5.74) is 6.05. The van der Waals surface area contributed by atoms with Crippen LogP contribution in [0.5, 0.6) is 0 Å². The molecular formula is C15H17F2N3. The molecule has 0 unspecified atom stereocenters. The van der Waals surface area contributed by atoms with Gasteiger partial charge in [0.05, 0.1) is 5.69 Å². The first kappa shape index (κ1) is 14.4. The van der Waals surface area contributed by atoms with Crippen LogP contribution < -0.4 is 5.73 Å². The minimum Gasteiger partial charge on any atom is -0.384 e. The summed E-state index contributed by atoms with van der Waals surface area (Å²) in [6, 6.07) is 4.47. The number of aryl methyl sites for hydroxylation is 1. The predicted molar refractivity (Wildman–Crippen MR) is 75.2 cm³/mol. The van der Waals surface area contributed by atoms with Crippen LogP contribution in [0, 0.1) is 18.6 Å². The minimum atomic E-state index is -0.914. The fourth-order valence-corrected chi connectivity index (χ4v) is 1.78. The van der Waals surface area contributed by atoms with Crippen molar-refractivity contribution in [2.45, 2.75) is 33.1 Å². The second-order valence-corrected chi connectivity index (χ2v) is 5.81. The fourth-order valence-electron chi connectivity index (χ4n) is 1.78. The zero-order chi connectivity index (χ0) is 15.1. The van der Waals surface area contributed by atoms with Crippen LogP contribution in [-0.2, 0) is 5.41 Å². The summed E-state index contributed by atoms with van der Waals surface area (Å²) in [7, 11) is 0. The van der Waals surface area contributed by atoms with Crippen LogP contribution in [0.15, 0.2) is 18.2 Å². The third kappa shape index (κ3) is 2.61. The van der Waals surface area contributed by atoms with E-state index >= 15 is 0 Å². The van der Waals surface area contributed by atoms with Crippen LogP contribution in [-0.4, -0.2) is 9.97 Å². The molecule has 2 rings (SSSR count). The third-order valence-corrected chi connectivity index (χ3v) is 2.97. The van der Waals surface area contributed by atoms with Crippen LogP contribution in [0.3, 0.4) is 0 Å². The maximum Gasteiger partial charge on any atom is 0.168 e. The van der Waals surface area contributed by atoms with Gasteiger partial charge in [0.2, 0.25) is 0 Å². The smallest absolute Gasteiger partial charge is 0.168 e. The Bertz CT molecular complexity index is 661. The van der Waals surface area contributed by atoms with E-state index in [-0.39, 0.29) is 22.4 Å². The molecule has 0 radical (unpaired) electrons. The van der Waals surface area contributed by atoms with Crippen LogP contribution in [0.2, 0.25) is 0 Å². The highest BCUT2D eigenvalue weighted by molar-refractivity contribution is 5.63. The molecule has 0 spiro atoms. The van der Waals surface area contributed by atoms with Gasteiger partial charge in [0.15, 0.2) is 11.6 Å². The molecule has 0 aliphatic carbocycles. The largest absolute Gasteiger partial charge is 0.384 e. The maximum absolute atomic E-state index is 14.0. The highest BCUT2D eigenvalue weighted by Gasteiger charge is 2.21. The lowest BCUT2D eigenvalue weighted by molar-refractivity contribution is 0.504. The minimum absolute atomic E-state index is 0.0905. The van der Waals surface area contributed by atoms with Gasteiger partial charge in [-0.2, -0.15) is 0 Å². The molecular weight excluding hydrogens is 260 g/mol. The van der Waals surface area contributed by atoms with E-state index in [9.17, 15) is 8.78 Å². The molecule has 0 aliphatic rings. The van der Waals surface area contributed by atoms with Gasteiger partial charge in [-0.1, -0.05) is 26.8 Å². The van der Waals surface area contributed by atoms with E-state index in [0.717, 1.165) is 0 Å². The van der Waals surface area contributed by atoms with E-state index in [1.54, 1.807) is 0 Å². The van der Waals surface area contributed by atoms with Crippen molar-refractivity contribution in [3.8, 4) is 11.3 Å². The average Bonchev–Trinajstić information content (AvgIpc) is 2.34. The molecule has 1 aromatic heterocycles. The van der Waals surface area contributed by atoms with Crippen LogP contribution in [0.4, 0.5) is 14.6 Å². The molecule has 0 atom stereocenters. The summed E-state index contributed by atoms with van der Waals surface area (Å²) < 4.78 is 27.7. The molecule has 0 bridgehead atoms. The van der Waals surface area contributed by atoms with E-state index in [1.807, 2.05) is 20.8 Å². The lowest BCUT2D eigenvalue weighted by Crippen LogP contribution is -2.17. The molecule has 1 aromatic carbocycles. The highest BCUT2D eigenvalue weighted by Crippen LogP contribution is 2.28. The number of rotatable bonds is 1. The van der Waals surface area contributed by atoms with Gasteiger partial charge in [0.25, 0.3) is 0 Å². The van der Waals surface area contributed by atoms with E-state index < -0.39 is 11.6 Å². The lowest BCUT2D eigenvalue weighted by atomic mass is 9.95. The van der Waals surface area contributed by atoms with E-state index in [0.29, 0.717) is 11.5 Å². The molecule has 0 saturated heterocycles. The molecule has 0 aliphatic heterocycles. The van der Waals surface area contributed by atoms with Crippen LogP contribution in [0.1, 0.15) is 32.2 Å². The summed E-state index contributed by atoms with van der Waals surface area (Å²) in [5, 5.41) is 0. The SMILES string of the molecule is Cc1ccc(-c2cc(N)nc(C(C)(C)C)n2)c(F)c1F. The Morgan fingerprint density at radius 1 is 1.05 bits per heavy atom. The zero-order valence-electron chi connectivity index (χ0n) is 12.0. The second kappa shape index (κ2) is 4.81. The van der Waals surface area contributed by atoms with Gasteiger partial charge in [0.1, 0.15) is 11.6 Å². The topological polar surface area (TPSA) is 51.8 Å². The number of nitrogens with zero attached hydrogens (tertiary/aromatic N) is 2.